The summed E-state index contributed by atoms with van der Waals surface area (Å²) in [6.07, 6.45) is 0. The lowest BCUT2D eigenvalue weighted by molar-refractivity contribution is 0.478. The van der Waals surface area contributed by atoms with E-state index < -0.39 is 5.82 Å². The van der Waals surface area contributed by atoms with Crippen LogP contribution < -0.4 is 0 Å². The van der Waals surface area contributed by atoms with E-state index in [9.17, 15) is 13.9 Å². The normalized spacial score (nSPS) is 11.9. The van der Waals surface area contributed by atoms with E-state index in [1.165, 1.54) is 24.3 Å². The molecule has 3 heteroatoms. The fraction of sp³-hybridized carbons (Fsp3) is 0.0588. The second-order valence-corrected chi connectivity index (χ2v) is 5.12. The summed E-state index contributed by atoms with van der Waals surface area (Å²) in [5.74, 6) is -0.859. The van der Waals surface area contributed by atoms with Crippen LogP contribution in [0, 0.1) is 18.6 Å². The molecule has 1 aliphatic carbocycles. The topological polar surface area (TPSA) is 20.2 Å². The van der Waals surface area contributed by atoms with E-state index >= 15 is 0 Å². The highest BCUT2D eigenvalue weighted by molar-refractivity contribution is 6.17. The summed E-state index contributed by atoms with van der Waals surface area (Å²) < 4.78 is 27.6. The highest BCUT2D eigenvalue weighted by Gasteiger charge is 2.26. The van der Waals surface area contributed by atoms with Gasteiger partial charge in [-0.1, -0.05) is 12.1 Å². The molecule has 0 saturated heterocycles. The fourth-order valence-electron chi connectivity index (χ4n) is 3.16. The Morgan fingerprint density at radius 3 is 2.40 bits per heavy atom. The summed E-state index contributed by atoms with van der Waals surface area (Å²) in [7, 11) is 0. The number of aromatic hydroxyl groups is 1. The zero-order valence-corrected chi connectivity index (χ0v) is 10.7. The van der Waals surface area contributed by atoms with Gasteiger partial charge in [-0.3, -0.25) is 0 Å². The summed E-state index contributed by atoms with van der Waals surface area (Å²) >= 11 is 0. The van der Waals surface area contributed by atoms with Gasteiger partial charge in [-0.05, 0) is 59.0 Å². The molecule has 98 valence electrons. The van der Waals surface area contributed by atoms with Crippen LogP contribution in [-0.4, -0.2) is 5.11 Å². The first-order chi connectivity index (χ1) is 9.58. The summed E-state index contributed by atoms with van der Waals surface area (Å²) in [4.78, 5) is 0. The molecular formula is C17H10F2O. The largest absolute Gasteiger partial charge is 0.507 e. The van der Waals surface area contributed by atoms with Crippen molar-refractivity contribution >= 4 is 10.8 Å². The van der Waals surface area contributed by atoms with Crippen LogP contribution in [0.4, 0.5) is 8.78 Å². The minimum atomic E-state index is -0.462. The maximum Gasteiger partial charge on any atom is 0.134 e. The van der Waals surface area contributed by atoms with Gasteiger partial charge in [0, 0.05) is 5.39 Å². The van der Waals surface area contributed by atoms with Crippen LogP contribution >= 0.6 is 0 Å². The molecule has 0 amide bonds. The van der Waals surface area contributed by atoms with E-state index in [0.29, 0.717) is 5.39 Å². The van der Waals surface area contributed by atoms with Gasteiger partial charge in [-0.15, -0.1) is 0 Å². The Bertz CT molecular complexity index is 897. The monoisotopic (exact) mass is 268 g/mol. The Balaban J connectivity index is 2.30. The molecule has 1 N–H and O–H groups in total. The van der Waals surface area contributed by atoms with Crippen molar-refractivity contribution in [2.75, 3.05) is 0 Å². The van der Waals surface area contributed by atoms with Crippen LogP contribution in [0.15, 0.2) is 36.4 Å². The number of fused-ring (bicyclic) bond motifs is 3. The lowest BCUT2D eigenvalue weighted by atomic mass is 9.97. The molecule has 0 heterocycles. The number of halogens is 2. The smallest absolute Gasteiger partial charge is 0.134 e. The molecule has 0 saturated carbocycles. The summed E-state index contributed by atoms with van der Waals surface area (Å²) in [5.41, 5.74) is 4.09. The molecule has 0 unspecified atom stereocenters. The molecule has 3 aromatic rings. The van der Waals surface area contributed by atoms with Gasteiger partial charge in [0.05, 0.1) is 5.39 Å². The molecule has 0 aliphatic heterocycles. The Labute approximate surface area is 114 Å². The SMILES string of the molecule is Cc1cc(O)c2c(F)ccc3c2c1-c1cc(F)ccc1-3. The third-order valence-corrected chi connectivity index (χ3v) is 3.95. The van der Waals surface area contributed by atoms with Crippen molar-refractivity contribution in [3.8, 4) is 28.0 Å². The van der Waals surface area contributed by atoms with Crippen molar-refractivity contribution in [2.45, 2.75) is 6.92 Å². The Kier molecular flexibility index (Phi) is 2.04. The fourth-order valence-corrected chi connectivity index (χ4v) is 3.16. The van der Waals surface area contributed by atoms with E-state index in [1.54, 1.807) is 12.1 Å². The van der Waals surface area contributed by atoms with Gasteiger partial charge in [0.1, 0.15) is 17.4 Å². The lowest BCUT2D eigenvalue weighted by Crippen LogP contribution is -1.86. The molecule has 0 fully saturated rings. The Hall–Kier alpha value is -2.42. The highest BCUT2D eigenvalue weighted by Crippen LogP contribution is 2.51. The number of hydrogen-bond acceptors (Lipinski definition) is 1. The highest BCUT2D eigenvalue weighted by atomic mass is 19.1. The molecule has 0 bridgehead atoms. The lowest BCUT2D eigenvalue weighted by Gasteiger charge is -2.09. The number of phenols is 1. The molecule has 0 spiro atoms. The molecule has 0 radical (unpaired) electrons. The van der Waals surface area contributed by atoms with Gasteiger partial charge in [-0.2, -0.15) is 0 Å². The van der Waals surface area contributed by atoms with Crippen LogP contribution in [-0.2, 0) is 0 Å². The molecule has 0 atom stereocenters. The predicted molar refractivity (Wildman–Crippen MR) is 74.7 cm³/mol. The first-order valence-corrected chi connectivity index (χ1v) is 6.33. The molecular weight excluding hydrogens is 258 g/mol. The third kappa shape index (κ3) is 1.24. The van der Waals surface area contributed by atoms with Crippen LogP contribution in [0.1, 0.15) is 5.56 Å². The van der Waals surface area contributed by atoms with Gasteiger partial charge in [-0.25, -0.2) is 8.78 Å². The van der Waals surface area contributed by atoms with Crippen LogP contribution in [0.3, 0.4) is 0 Å². The molecule has 1 aliphatic rings. The van der Waals surface area contributed by atoms with Crippen molar-refractivity contribution in [3.05, 3.63) is 53.6 Å². The van der Waals surface area contributed by atoms with E-state index in [4.69, 9.17) is 0 Å². The van der Waals surface area contributed by atoms with Crippen molar-refractivity contribution in [1.29, 1.82) is 0 Å². The summed E-state index contributed by atoms with van der Waals surface area (Å²) in [6, 6.07) is 9.12. The second kappa shape index (κ2) is 3.57. The van der Waals surface area contributed by atoms with E-state index in [-0.39, 0.29) is 17.0 Å². The predicted octanol–water partition coefficient (Wildman–Crippen LogP) is 4.78. The molecule has 1 nitrogen and oxygen atoms in total. The van der Waals surface area contributed by atoms with E-state index in [2.05, 4.69) is 0 Å². The van der Waals surface area contributed by atoms with Crippen molar-refractivity contribution in [1.82, 2.24) is 0 Å². The standard InChI is InChI=1S/C17H10F2O/c1-8-6-14(20)17-13(19)5-4-11-10-3-2-9(18)7-12(10)15(8)16(11)17/h2-7,20H,1H3. The van der Waals surface area contributed by atoms with Gasteiger partial charge in [0.25, 0.3) is 0 Å². The summed E-state index contributed by atoms with van der Waals surface area (Å²) in [6.45, 7) is 1.84. The zero-order chi connectivity index (χ0) is 14.0. The summed E-state index contributed by atoms with van der Waals surface area (Å²) in [5, 5.41) is 10.9. The van der Waals surface area contributed by atoms with Crippen molar-refractivity contribution < 1.29 is 13.9 Å². The van der Waals surface area contributed by atoms with Gasteiger partial charge >= 0.3 is 0 Å². The van der Waals surface area contributed by atoms with E-state index in [1.807, 2.05) is 6.92 Å². The van der Waals surface area contributed by atoms with E-state index in [0.717, 1.165) is 27.8 Å². The molecule has 4 rings (SSSR count). The van der Waals surface area contributed by atoms with Crippen LogP contribution in [0.25, 0.3) is 33.0 Å². The maximum atomic E-state index is 14.0. The maximum absolute atomic E-state index is 14.0. The third-order valence-electron chi connectivity index (χ3n) is 3.95. The Morgan fingerprint density at radius 2 is 1.60 bits per heavy atom. The first-order valence-electron chi connectivity index (χ1n) is 6.33. The second-order valence-electron chi connectivity index (χ2n) is 5.12. The van der Waals surface area contributed by atoms with Crippen molar-refractivity contribution in [2.24, 2.45) is 0 Å². The van der Waals surface area contributed by atoms with Crippen LogP contribution in [0.5, 0.6) is 5.75 Å². The minimum absolute atomic E-state index is 0.0751. The van der Waals surface area contributed by atoms with Crippen molar-refractivity contribution in [3.63, 3.8) is 0 Å². The number of aryl methyl sites for hydroxylation is 1. The zero-order valence-electron chi connectivity index (χ0n) is 10.7. The van der Waals surface area contributed by atoms with Gasteiger partial charge in [0.15, 0.2) is 0 Å². The minimum Gasteiger partial charge on any atom is -0.507 e. The number of hydrogen-bond donors (Lipinski definition) is 1. The van der Waals surface area contributed by atoms with Gasteiger partial charge < -0.3 is 5.11 Å². The van der Waals surface area contributed by atoms with Gasteiger partial charge in [0.2, 0.25) is 0 Å². The number of phenolic OH excluding ortho intramolecular Hbond substituents is 1. The Morgan fingerprint density at radius 1 is 0.850 bits per heavy atom. The molecule has 3 aromatic carbocycles. The average molecular weight is 268 g/mol. The van der Waals surface area contributed by atoms with Crippen LogP contribution in [0.2, 0.25) is 0 Å². The number of rotatable bonds is 0. The molecule has 0 aromatic heterocycles. The average Bonchev–Trinajstić information content (AvgIpc) is 2.71. The molecule has 20 heavy (non-hydrogen) atoms. The first kappa shape index (κ1) is 11.4. The number of benzene rings is 3. The quantitative estimate of drug-likeness (QED) is 0.486.